The molecule has 2 rings (SSSR count). The van der Waals surface area contributed by atoms with E-state index in [4.69, 9.17) is 14.6 Å². The van der Waals surface area contributed by atoms with E-state index in [0.29, 0.717) is 19.1 Å². The van der Waals surface area contributed by atoms with Crippen molar-refractivity contribution >= 4 is 0 Å². The largest absolute Gasteiger partial charge is 0.491 e. The number of hydrogen-bond acceptors (Lipinski definition) is 5. The number of pyridine rings is 1. The van der Waals surface area contributed by atoms with E-state index in [1.807, 2.05) is 42.5 Å². The van der Waals surface area contributed by atoms with Crippen LogP contribution < -0.4 is 14.8 Å². The Balaban J connectivity index is 1.62. The summed E-state index contributed by atoms with van der Waals surface area (Å²) >= 11 is 0. The van der Waals surface area contributed by atoms with E-state index < -0.39 is 0 Å². The van der Waals surface area contributed by atoms with Crippen LogP contribution in [0.15, 0.2) is 48.7 Å². The molecule has 21 heavy (non-hydrogen) atoms. The second kappa shape index (κ2) is 8.94. The molecule has 5 heteroatoms. The Hall–Kier alpha value is -2.11. The van der Waals surface area contributed by atoms with Crippen molar-refractivity contribution in [3.63, 3.8) is 0 Å². The van der Waals surface area contributed by atoms with Crippen LogP contribution in [0.4, 0.5) is 0 Å². The normalized spacial score (nSPS) is 10.3. The molecule has 0 saturated heterocycles. The molecule has 0 radical (unpaired) electrons. The lowest BCUT2D eigenvalue weighted by atomic mass is 10.2. The Morgan fingerprint density at radius 2 is 1.86 bits per heavy atom. The molecule has 0 atom stereocenters. The third-order valence-electron chi connectivity index (χ3n) is 2.78. The molecule has 0 saturated carbocycles. The van der Waals surface area contributed by atoms with Crippen molar-refractivity contribution in [2.45, 2.75) is 6.54 Å². The molecule has 0 bridgehead atoms. The van der Waals surface area contributed by atoms with Gasteiger partial charge in [-0.3, -0.25) is 0 Å². The standard InChI is InChI=1S/C16H20N2O3/c19-10-12-20-15-6-4-14(5-7-15)13-17-9-11-21-16-3-1-2-8-18-16/h1-8,17,19H,9-13H2. The highest BCUT2D eigenvalue weighted by atomic mass is 16.5. The molecular weight excluding hydrogens is 268 g/mol. The summed E-state index contributed by atoms with van der Waals surface area (Å²) < 4.78 is 10.8. The van der Waals surface area contributed by atoms with Crippen molar-refractivity contribution in [3.05, 3.63) is 54.2 Å². The number of aromatic nitrogens is 1. The average molecular weight is 288 g/mol. The van der Waals surface area contributed by atoms with Crippen LogP contribution in [0.3, 0.4) is 0 Å². The maximum atomic E-state index is 8.68. The molecule has 1 heterocycles. The Bertz CT molecular complexity index is 503. The van der Waals surface area contributed by atoms with Crippen molar-refractivity contribution in [2.24, 2.45) is 0 Å². The van der Waals surface area contributed by atoms with Crippen molar-refractivity contribution in [2.75, 3.05) is 26.4 Å². The molecule has 0 spiro atoms. The van der Waals surface area contributed by atoms with Gasteiger partial charge in [0.1, 0.15) is 19.0 Å². The number of benzene rings is 1. The minimum absolute atomic E-state index is 0.0274. The lowest BCUT2D eigenvalue weighted by Crippen LogP contribution is -2.20. The maximum Gasteiger partial charge on any atom is 0.213 e. The van der Waals surface area contributed by atoms with Gasteiger partial charge in [0.05, 0.1) is 6.61 Å². The third kappa shape index (κ3) is 5.81. The van der Waals surface area contributed by atoms with Crippen LogP contribution in [-0.2, 0) is 6.54 Å². The van der Waals surface area contributed by atoms with E-state index in [1.165, 1.54) is 5.56 Å². The summed E-state index contributed by atoms with van der Waals surface area (Å²) in [4.78, 5) is 4.09. The summed E-state index contributed by atoms with van der Waals surface area (Å²) in [5.74, 6) is 1.41. The smallest absolute Gasteiger partial charge is 0.213 e. The first kappa shape index (κ1) is 15.3. The van der Waals surface area contributed by atoms with E-state index in [0.717, 1.165) is 18.8 Å². The molecule has 0 fully saturated rings. The topological polar surface area (TPSA) is 63.6 Å². The summed E-state index contributed by atoms with van der Waals surface area (Å²) in [5, 5.41) is 12.0. The molecule has 0 aliphatic carbocycles. The van der Waals surface area contributed by atoms with Gasteiger partial charge in [-0.05, 0) is 23.8 Å². The molecule has 5 nitrogen and oxygen atoms in total. The van der Waals surface area contributed by atoms with E-state index in [2.05, 4.69) is 10.3 Å². The van der Waals surface area contributed by atoms with Crippen molar-refractivity contribution in [3.8, 4) is 11.6 Å². The summed E-state index contributed by atoms with van der Waals surface area (Å²) in [6.45, 7) is 2.45. The van der Waals surface area contributed by atoms with E-state index in [-0.39, 0.29) is 6.61 Å². The first-order valence-corrected chi connectivity index (χ1v) is 6.95. The zero-order chi connectivity index (χ0) is 14.8. The number of ether oxygens (including phenoxy) is 2. The second-order valence-corrected chi connectivity index (χ2v) is 4.41. The number of rotatable bonds is 9. The summed E-state index contributed by atoms with van der Waals surface area (Å²) in [6, 6.07) is 13.4. The predicted octanol–water partition coefficient (Wildman–Crippen LogP) is 1.62. The minimum Gasteiger partial charge on any atom is -0.491 e. The lowest BCUT2D eigenvalue weighted by Gasteiger charge is -2.08. The predicted molar refractivity (Wildman–Crippen MR) is 80.5 cm³/mol. The zero-order valence-corrected chi connectivity index (χ0v) is 11.9. The van der Waals surface area contributed by atoms with Gasteiger partial charge in [-0.25, -0.2) is 4.98 Å². The molecule has 1 aromatic carbocycles. The Kier molecular flexibility index (Phi) is 6.51. The maximum absolute atomic E-state index is 8.68. The molecule has 1 aromatic heterocycles. The lowest BCUT2D eigenvalue weighted by molar-refractivity contribution is 0.201. The molecule has 112 valence electrons. The van der Waals surface area contributed by atoms with Crippen molar-refractivity contribution < 1.29 is 14.6 Å². The van der Waals surface area contributed by atoms with Crippen LogP contribution in [0.25, 0.3) is 0 Å². The first-order chi connectivity index (χ1) is 10.4. The van der Waals surface area contributed by atoms with Crippen molar-refractivity contribution in [1.82, 2.24) is 10.3 Å². The average Bonchev–Trinajstić information content (AvgIpc) is 2.55. The fraction of sp³-hybridized carbons (Fsp3) is 0.312. The molecule has 0 amide bonds. The van der Waals surface area contributed by atoms with Crippen LogP contribution in [0, 0.1) is 0 Å². The molecule has 0 unspecified atom stereocenters. The fourth-order valence-corrected chi connectivity index (χ4v) is 1.76. The molecule has 2 N–H and O–H groups in total. The highest BCUT2D eigenvalue weighted by molar-refractivity contribution is 5.27. The quantitative estimate of drug-likeness (QED) is 0.687. The fourth-order valence-electron chi connectivity index (χ4n) is 1.76. The Labute approximate surface area is 124 Å². The van der Waals surface area contributed by atoms with Gasteiger partial charge in [0.2, 0.25) is 5.88 Å². The van der Waals surface area contributed by atoms with Gasteiger partial charge in [-0.1, -0.05) is 18.2 Å². The van der Waals surface area contributed by atoms with Crippen molar-refractivity contribution in [1.29, 1.82) is 0 Å². The van der Waals surface area contributed by atoms with Gasteiger partial charge in [0.15, 0.2) is 0 Å². The second-order valence-electron chi connectivity index (χ2n) is 4.41. The highest BCUT2D eigenvalue weighted by Crippen LogP contribution is 2.11. The van der Waals surface area contributed by atoms with Gasteiger partial charge in [0.25, 0.3) is 0 Å². The van der Waals surface area contributed by atoms with Gasteiger partial charge in [-0.2, -0.15) is 0 Å². The monoisotopic (exact) mass is 288 g/mol. The Morgan fingerprint density at radius 3 is 2.57 bits per heavy atom. The third-order valence-corrected chi connectivity index (χ3v) is 2.78. The van der Waals surface area contributed by atoms with Crippen LogP contribution in [0.2, 0.25) is 0 Å². The SMILES string of the molecule is OCCOc1ccc(CNCCOc2ccccn2)cc1. The van der Waals surface area contributed by atoms with Crippen LogP contribution in [-0.4, -0.2) is 36.5 Å². The first-order valence-electron chi connectivity index (χ1n) is 6.95. The Morgan fingerprint density at radius 1 is 1.00 bits per heavy atom. The summed E-state index contributed by atoms with van der Waals surface area (Å²) in [5.41, 5.74) is 1.17. The van der Waals surface area contributed by atoms with E-state index in [1.54, 1.807) is 6.20 Å². The summed E-state index contributed by atoms with van der Waals surface area (Å²) in [6.07, 6.45) is 1.71. The molecule has 2 aromatic rings. The number of nitrogens with one attached hydrogen (secondary N) is 1. The molecule has 0 aliphatic heterocycles. The van der Waals surface area contributed by atoms with Gasteiger partial charge >= 0.3 is 0 Å². The highest BCUT2D eigenvalue weighted by Gasteiger charge is 1.96. The van der Waals surface area contributed by atoms with Crippen LogP contribution in [0.1, 0.15) is 5.56 Å². The summed E-state index contributed by atoms with van der Waals surface area (Å²) in [7, 11) is 0. The van der Waals surface area contributed by atoms with Crippen LogP contribution in [0.5, 0.6) is 11.6 Å². The number of aliphatic hydroxyl groups is 1. The van der Waals surface area contributed by atoms with E-state index >= 15 is 0 Å². The van der Waals surface area contributed by atoms with Gasteiger partial charge < -0.3 is 19.9 Å². The van der Waals surface area contributed by atoms with Gasteiger partial charge in [-0.15, -0.1) is 0 Å². The molecule has 0 aliphatic rings. The molecular formula is C16H20N2O3. The number of nitrogens with zero attached hydrogens (tertiary/aromatic N) is 1. The minimum atomic E-state index is 0.0274. The van der Waals surface area contributed by atoms with Crippen LogP contribution >= 0.6 is 0 Å². The number of hydrogen-bond donors (Lipinski definition) is 2. The zero-order valence-electron chi connectivity index (χ0n) is 11.9. The van der Waals surface area contributed by atoms with E-state index in [9.17, 15) is 0 Å². The number of aliphatic hydroxyl groups excluding tert-OH is 1. The van der Waals surface area contributed by atoms with Gasteiger partial charge in [0, 0.05) is 25.4 Å².